The predicted octanol–water partition coefficient (Wildman–Crippen LogP) is 2.92. The lowest BCUT2D eigenvalue weighted by Gasteiger charge is -2.31. The van der Waals surface area contributed by atoms with E-state index < -0.39 is 0 Å². The van der Waals surface area contributed by atoms with Crippen LogP contribution >= 0.6 is 0 Å². The van der Waals surface area contributed by atoms with E-state index in [0.29, 0.717) is 60.2 Å². The Morgan fingerprint density at radius 2 is 1.70 bits per heavy atom. The fourth-order valence-electron chi connectivity index (χ4n) is 3.72. The van der Waals surface area contributed by atoms with Crippen molar-refractivity contribution >= 4 is 17.5 Å². The van der Waals surface area contributed by atoms with Gasteiger partial charge in [-0.3, -0.25) is 9.59 Å². The topological polar surface area (TPSA) is 86.3 Å². The minimum Gasteiger partial charge on any atom is -0.493 e. The average molecular weight is 412 g/mol. The predicted molar refractivity (Wildman–Crippen MR) is 109 cm³/mol. The number of methoxy groups -OCH3 is 2. The molecular formula is C22H24N2O6. The van der Waals surface area contributed by atoms with Crippen LogP contribution in [-0.4, -0.2) is 50.8 Å². The Bertz CT molecular complexity index is 953. The first-order chi connectivity index (χ1) is 14.6. The number of piperidine rings is 1. The lowest BCUT2D eigenvalue weighted by Crippen LogP contribution is -2.41. The maximum Gasteiger partial charge on any atom is 0.253 e. The molecule has 0 unspecified atom stereocenters. The molecule has 1 N–H and O–H groups in total. The van der Waals surface area contributed by atoms with E-state index in [9.17, 15) is 9.59 Å². The molecule has 2 aliphatic rings. The molecule has 2 aromatic carbocycles. The summed E-state index contributed by atoms with van der Waals surface area (Å²) < 4.78 is 21.1. The van der Waals surface area contributed by atoms with Gasteiger partial charge < -0.3 is 29.2 Å². The van der Waals surface area contributed by atoms with Gasteiger partial charge in [0.15, 0.2) is 23.0 Å². The van der Waals surface area contributed by atoms with E-state index in [1.54, 1.807) is 48.4 Å². The molecule has 0 spiro atoms. The number of nitrogens with one attached hydrogen (secondary N) is 1. The molecule has 1 fully saturated rings. The number of amides is 2. The summed E-state index contributed by atoms with van der Waals surface area (Å²) >= 11 is 0. The first-order valence-electron chi connectivity index (χ1n) is 9.81. The van der Waals surface area contributed by atoms with Gasteiger partial charge in [-0.1, -0.05) is 0 Å². The summed E-state index contributed by atoms with van der Waals surface area (Å²) in [5, 5.41) is 2.94. The fraction of sp³-hybridized carbons (Fsp3) is 0.364. The van der Waals surface area contributed by atoms with Crippen LogP contribution in [0.4, 0.5) is 5.69 Å². The minimum absolute atomic E-state index is 0.0490. The maximum atomic E-state index is 12.8. The number of ether oxygens (including phenoxy) is 4. The molecule has 0 atom stereocenters. The van der Waals surface area contributed by atoms with Crippen LogP contribution in [0, 0.1) is 5.92 Å². The van der Waals surface area contributed by atoms with Crippen LogP contribution < -0.4 is 24.3 Å². The number of anilines is 1. The molecule has 4 rings (SSSR count). The summed E-state index contributed by atoms with van der Waals surface area (Å²) in [6.45, 7) is 1.23. The molecule has 0 bridgehead atoms. The number of carbonyl (C=O) groups excluding carboxylic acids is 2. The van der Waals surface area contributed by atoms with Gasteiger partial charge in [0.25, 0.3) is 5.91 Å². The van der Waals surface area contributed by atoms with Crippen molar-refractivity contribution in [1.29, 1.82) is 0 Å². The second-order valence-electron chi connectivity index (χ2n) is 7.19. The quantitative estimate of drug-likeness (QED) is 0.813. The van der Waals surface area contributed by atoms with E-state index in [4.69, 9.17) is 18.9 Å². The summed E-state index contributed by atoms with van der Waals surface area (Å²) in [4.78, 5) is 27.3. The van der Waals surface area contributed by atoms with Gasteiger partial charge in [-0.15, -0.1) is 0 Å². The summed E-state index contributed by atoms with van der Waals surface area (Å²) in [5.41, 5.74) is 1.21. The van der Waals surface area contributed by atoms with Crippen LogP contribution in [0.1, 0.15) is 23.2 Å². The molecule has 8 nitrogen and oxygen atoms in total. The Balaban J connectivity index is 1.34. The van der Waals surface area contributed by atoms with Gasteiger partial charge in [0.1, 0.15) is 0 Å². The molecule has 30 heavy (non-hydrogen) atoms. The Morgan fingerprint density at radius 1 is 0.967 bits per heavy atom. The SMILES string of the molecule is COc1ccc(C(=O)N2CCC(C(=O)Nc3ccc4c(c3)OCO4)CC2)cc1OC. The molecule has 2 aromatic rings. The van der Waals surface area contributed by atoms with Crippen molar-refractivity contribution in [2.45, 2.75) is 12.8 Å². The summed E-state index contributed by atoms with van der Waals surface area (Å²) in [5.74, 6) is 2.12. The average Bonchev–Trinajstić information content (AvgIpc) is 3.26. The highest BCUT2D eigenvalue weighted by atomic mass is 16.7. The highest BCUT2D eigenvalue weighted by Crippen LogP contribution is 2.34. The third-order valence-electron chi connectivity index (χ3n) is 5.42. The lowest BCUT2D eigenvalue weighted by atomic mass is 9.95. The molecule has 0 aliphatic carbocycles. The summed E-state index contributed by atoms with van der Waals surface area (Å²) in [6, 6.07) is 10.5. The number of benzene rings is 2. The van der Waals surface area contributed by atoms with Gasteiger partial charge in [-0.25, -0.2) is 0 Å². The first kappa shape index (κ1) is 19.9. The summed E-state index contributed by atoms with van der Waals surface area (Å²) in [7, 11) is 3.09. The molecule has 1 saturated heterocycles. The van der Waals surface area contributed by atoms with E-state index in [2.05, 4.69) is 5.32 Å². The van der Waals surface area contributed by atoms with E-state index in [1.807, 2.05) is 0 Å². The van der Waals surface area contributed by atoms with Crippen molar-refractivity contribution in [2.24, 2.45) is 5.92 Å². The second-order valence-corrected chi connectivity index (χ2v) is 7.19. The van der Waals surface area contributed by atoms with E-state index >= 15 is 0 Å². The first-order valence-corrected chi connectivity index (χ1v) is 9.81. The van der Waals surface area contributed by atoms with Crippen molar-refractivity contribution in [3.05, 3.63) is 42.0 Å². The van der Waals surface area contributed by atoms with Crippen molar-refractivity contribution in [3.8, 4) is 23.0 Å². The number of rotatable bonds is 5. The van der Waals surface area contributed by atoms with Crippen molar-refractivity contribution in [3.63, 3.8) is 0 Å². The molecular weight excluding hydrogens is 388 g/mol. The smallest absolute Gasteiger partial charge is 0.253 e. The third kappa shape index (κ3) is 3.98. The Kier molecular flexibility index (Phi) is 5.65. The standard InChI is InChI=1S/C22H24N2O6/c1-27-17-5-3-15(11-19(17)28-2)22(26)24-9-7-14(8-10-24)21(25)23-16-4-6-18-20(12-16)30-13-29-18/h3-6,11-12,14H,7-10,13H2,1-2H3,(H,23,25). The zero-order chi connectivity index (χ0) is 21.1. The highest BCUT2D eigenvalue weighted by Gasteiger charge is 2.28. The number of carbonyl (C=O) groups is 2. The van der Waals surface area contributed by atoms with Gasteiger partial charge in [0.05, 0.1) is 14.2 Å². The molecule has 0 saturated carbocycles. The van der Waals surface area contributed by atoms with Gasteiger partial charge >= 0.3 is 0 Å². The Labute approximate surface area is 174 Å². The van der Waals surface area contributed by atoms with Gasteiger partial charge in [-0.2, -0.15) is 0 Å². The number of hydrogen-bond donors (Lipinski definition) is 1. The molecule has 158 valence electrons. The number of likely N-dealkylation sites (tertiary alicyclic amines) is 1. The zero-order valence-corrected chi connectivity index (χ0v) is 17.0. The molecule has 8 heteroatoms. The van der Waals surface area contributed by atoms with Gasteiger partial charge in [-0.05, 0) is 43.2 Å². The van der Waals surface area contributed by atoms with Gasteiger partial charge in [0.2, 0.25) is 12.7 Å². The van der Waals surface area contributed by atoms with E-state index in [0.717, 1.165) is 0 Å². The van der Waals surface area contributed by atoms with Crippen LogP contribution in [0.3, 0.4) is 0 Å². The van der Waals surface area contributed by atoms with Crippen molar-refractivity contribution < 1.29 is 28.5 Å². The van der Waals surface area contributed by atoms with Gasteiger partial charge in [0, 0.05) is 36.3 Å². The van der Waals surface area contributed by atoms with Crippen LogP contribution in [0.15, 0.2) is 36.4 Å². The van der Waals surface area contributed by atoms with Crippen molar-refractivity contribution in [1.82, 2.24) is 4.90 Å². The van der Waals surface area contributed by atoms with Crippen LogP contribution in [0.25, 0.3) is 0 Å². The lowest BCUT2D eigenvalue weighted by molar-refractivity contribution is -0.121. The molecule has 2 heterocycles. The van der Waals surface area contributed by atoms with Crippen LogP contribution in [0.5, 0.6) is 23.0 Å². The van der Waals surface area contributed by atoms with E-state index in [1.165, 1.54) is 7.11 Å². The maximum absolute atomic E-state index is 12.8. The van der Waals surface area contributed by atoms with Crippen molar-refractivity contribution in [2.75, 3.05) is 39.4 Å². The van der Waals surface area contributed by atoms with Crippen LogP contribution in [0.2, 0.25) is 0 Å². The number of nitrogens with zero attached hydrogens (tertiary/aromatic N) is 1. The van der Waals surface area contributed by atoms with Crippen LogP contribution in [-0.2, 0) is 4.79 Å². The normalized spacial score (nSPS) is 15.6. The molecule has 2 aliphatic heterocycles. The largest absolute Gasteiger partial charge is 0.493 e. The summed E-state index contributed by atoms with van der Waals surface area (Å²) in [6.07, 6.45) is 1.21. The second kappa shape index (κ2) is 8.52. The number of fused-ring (bicyclic) bond motifs is 1. The highest BCUT2D eigenvalue weighted by molar-refractivity contribution is 5.96. The molecule has 0 aromatic heterocycles. The fourth-order valence-corrected chi connectivity index (χ4v) is 3.72. The Morgan fingerprint density at radius 3 is 2.43 bits per heavy atom. The minimum atomic E-state index is -0.148. The van der Waals surface area contributed by atoms with E-state index in [-0.39, 0.29) is 24.5 Å². The monoisotopic (exact) mass is 412 g/mol. The molecule has 0 radical (unpaired) electrons. The number of hydrogen-bond acceptors (Lipinski definition) is 6. The third-order valence-corrected chi connectivity index (χ3v) is 5.42. The zero-order valence-electron chi connectivity index (χ0n) is 17.0. The molecule has 2 amide bonds. The Hall–Kier alpha value is -3.42.